The van der Waals surface area contributed by atoms with Crippen LogP contribution in [0.2, 0.25) is 0 Å². The van der Waals surface area contributed by atoms with Crippen molar-refractivity contribution >= 4 is 34.5 Å². The maximum atomic E-state index is 12.3. The summed E-state index contributed by atoms with van der Waals surface area (Å²) in [4.78, 5) is 23.5. The molecular formula is C9H17BO12P2. The smallest absolute Gasteiger partial charge is 0.482 e. The van der Waals surface area contributed by atoms with Crippen molar-refractivity contribution in [1.82, 2.24) is 0 Å². The van der Waals surface area contributed by atoms with E-state index < -0.39 is 46.1 Å². The molecule has 1 rings (SSSR count). The minimum absolute atomic E-state index is 1.00. The SMILES string of the molecule is COC(=O)C(OB1OC(=O)C(P(=O)(OC)OC)O1)P(=O)(OC)OC. The van der Waals surface area contributed by atoms with Crippen molar-refractivity contribution in [2.75, 3.05) is 35.5 Å². The molecule has 1 aliphatic rings. The zero-order chi connectivity index (χ0) is 18.5. The Morgan fingerprint density at radius 3 is 2.04 bits per heavy atom. The lowest BCUT2D eigenvalue weighted by atomic mass is 10.2. The number of esters is 1. The van der Waals surface area contributed by atoms with Gasteiger partial charge in [-0.05, 0) is 0 Å². The van der Waals surface area contributed by atoms with Crippen LogP contribution in [-0.2, 0) is 55.5 Å². The van der Waals surface area contributed by atoms with E-state index in [0.29, 0.717) is 0 Å². The van der Waals surface area contributed by atoms with Crippen LogP contribution in [0.5, 0.6) is 0 Å². The second-order valence-electron chi connectivity index (χ2n) is 4.04. The molecule has 0 aromatic rings. The monoisotopic (exact) mass is 390 g/mol. The molecule has 0 N–H and O–H groups in total. The van der Waals surface area contributed by atoms with E-state index in [-0.39, 0.29) is 0 Å². The Balaban J connectivity index is 2.98. The number of hydrogen-bond donors (Lipinski definition) is 0. The number of hydrogen-bond acceptors (Lipinski definition) is 12. The van der Waals surface area contributed by atoms with Crippen LogP contribution < -0.4 is 0 Å². The Morgan fingerprint density at radius 1 is 1.08 bits per heavy atom. The molecule has 0 aromatic heterocycles. The van der Waals surface area contributed by atoms with Gasteiger partial charge in [-0.15, -0.1) is 0 Å². The predicted octanol–water partition coefficient (Wildman–Crippen LogP) is 0.358. The maximum absolute atomic E-state index is 12.3. The van der Waals surface area contributed by atoms with Crippen molar-refractivity contribution in [2.24, 2.45) is 0 Å². The quantitative estimate of drug-likeness (QED) is 0.305. The zero-order valence-electron chi connectivity index (χ0n) is 13.5. The molecule has 0 aliphatic carbocycles. The minimum Gasteiger partial charge on any atom is -0.482 e. The summed E-state index contributed by atoms with van der Waals surface area (Å²) in [6, 6.07) is 0. The van der Waals surface area contributed by atoms with Gasteiger partial charge in [0, 0.05) is 28.4 Å². The zero-order valence-corrected chi connectivity index (χ0v) is 15.3. The first-order chi connectivity index (χ1) is 11.2. The molecule has 0 saturated carbocycles. The molecule has 138 valence electrons. The molecule has 1 saturated heterocycles. The van der Waals surface area contributed by atoms with Crippen LogP contribution in [0.1, 0.15) is 0 Å². The third kappa shape index (κ3) is 4.24. The molecule has 0 amide bonds. The van der Waals surface area contributed by atoms with Gasteiger partial charge in [-0.3, -0.25) is 13.9 Å². The average Bonchev–Trinajstić information content (AvgIpc) is 2.98. The van der Waals surface area contributed by atoms with Gasteiger partial charge in [0.05, 0.1) is 7.11 Å². The van der Waals surface area contributed by atoms with E-state index in [1.165, 1.54) is 0 Å². The van der Waals surface area contributed by atoms with E-state index >= 15 is 0 Å². The van der Waals surface area contributed by atoms with Gasteiger partial charge >= 0.3 is 34.5 Å². The fourth-order valence-electron chi connectivity index (χ4n) is 1.60. The van der Waals surface area contributed by atoms with Crippen LogP contribution in [0.25, 0.3) is 0 Å². The van der Waals surface area contributed by atoms with Gasteiger partial charge in [-0.25, -0.2) is 4.79 Å². The number of ether oxygens (including phenoxy) is 1. The normalized spacial score (nSPS) is 20.0. The van der Waals surface area contributed by atoms with Crippen LogP contribution in [0.15, 0.2) is 0 Å². The Kier molecular flexibility index (Phi) is 7.57. The van der Waals surface area contributed by atoms with Crippen LogP contribution >= 0.6 is 15.2 Å². The average molecular weight is 390 g/mol. The van der Waals surface area contributed by atoms with Crippen molar-refractivity contribution < 1.29 is 55.5 Å². The number of carbonyl (C=O) groups is 2. The van der Waals surface area contributed by atoms with Crippen LogP contribution in [-0.4, -0.2) is 66.5 Å². The third-order valence-corrected chi connectivity index (χ3v) is 6.74. The van der Waals surface area contributed by atoms with Crippen LogP contribution in [0.4, 0.5) is 0 Å². The molecule has 2 atom stereocenters. The molecule has 0 radical (unpaired) electrons. The molecule has 1 heterocycles. The highest BCUT2D eigenvalue weighted by Gasteiger charge is 2.57. The van der Waals surface area contributed by atoms with E-state index in [1.807, 2.05) is 0 Å². The second-order valence-corrected chi connectivity index (χ2v) is 8.59. The Bertz CT molecular complexity index is 551. The Morgan fingerprint density at radius 2 is 1.62 bits per heavy atom. The summed E-state index contributed by atoms with van der Waals surface area (Å²) < 4.78 is 62.2. The minimum atomic E-state index is -4.11. The van der Waals surface area contributed by atoms with Gasteiger partial charge in [0.2, 0.25) is 11.7 Å². The van der Waals surface area contributed by atoms with E-state index in [1.54, 1.807) is 0 Å². The third-order valence-electron chi connectivity index (χ3n) is 2.89. The summed E-state index contributed by atoms with van der Waals surface area (Å²) >= 11 is 0. The summed E-state index contributed by atoms with van der Waals surface area (Å²) in [5.74, 6) is -5.93. The molecule has 1 aliphatic heterocycles. The van der Waals surface area contributed by atoms with Gasteiger partial charge in [0.1, 0.15) is 0 Å². The van der Waals surface area contributed by atoms with Gasteiger partial charge in [-0.2, -0.15) is 0 Å². The largest absolute Gasteiger partial charge is 0.717 e. The summed E-state index contributed by atoms with van der Waals surface area (Å²) in [6.45, 7) is 0. The maximum Gasteiger partial charge on any atom is 0.717 e. The number of methoxy groups -OCH3 is 1. The van der Waals surface area contributed by atoms with Crippen molar-refractivity contribution in [3.05, 3.63) is 0 Å². The van der Waals surface area contributed by atoms with E-state index in [2.05, 4.69) is 27.5 Å². The topological polar surface area (TPSA) is 142 Å². The Labute approximate surface area is 138 Å². The predicted molar refractivity (Wildman–Crippen MR) is 76.9 cm³/mol. The van der Waals surface area contributed by atoms with E-state index in [4.69, 9.17) is 9.31 Å². The van der Waals surface area contributed by atoms with E-state index in [9.17, 15) is 18.7 Å². The lowest BCUT2D eigenvalue weighted by Crippen LogP contribution is -2.35. The van der Waals surface area contributed by atoms with Crippen LogP contribution in [0, 0.1) is 0 Å². The molecule has 15 heteroatoms. The van der Waals surface area contributed by atoms with Gasteiger partial charge in [-0.1, -0.05) is 0 Å². The van der Waals surface area contributed by atoms with Crippen molar-refractivity contribution in [1.29, 1.82) is 0 Å². The molecule has 0 aromatic carbocycles. The highest BCUT2D eigenvalue weighted by Crippen LogP contribution is 2.56. The highest BCUT2D eigenvalue weighted by atomic mass is 31.2. The summed E-state index contributed by atoms with van der Waals surface area (Å²) in [5.41, 5.74) is 0. The highest BCUT2D eigenvalue weighted by molar-refractivity contribution is 7.56. The molecule has 0 spiro atoms. The summed E-state index contributed by atoms with van der Waals surface area (Å²) in [6.07, 6.45) is 0. The summed E-state index contributed by atoms with van der Waals surface area (Å²) in [5, 5.41) is 0. The standard InChI is InChI=1S/C9H17BO12P2/c1-15-6(11)8(23(13,16-2)17-3)21-10-20-7(12)9(22-10)24(14,18-4)19-5/h8-9H,1-5H3. The van der Waals surface area contributed by atoms with Crippen LogP contribution in [0.3, 0.4) is 0 Å². The Hall–Kier alpha value is -0.775. The van der Waals surface area contributed by atoms with Gasteiger partial charge in [0.25, 0.3) is 0 Å². The molecule has 0 bridgehead atoms. The lowest BCUT2D eigenvalue weighted by molar-refractivity contribution is -0.147. The first-order valence-corrected chi connectivity index (χ1v) is 9.45. The second kappa shape index (κ2) is 8.55. The molecule has 1 fully saturated rings. The molecule has 2 unspecified atom stereocenters. The van der Waals surface area contributed by atoms with Crippen molar-refractivity contribution in [2.45, 2.75) is 11.7 Å². The van der Waals surface area contributed by atoms with Gasteiger partial charge in [0.15, 0.2) is 0 Å². The number of carbonyl (C=O) groups excluding carboxylic acids is 2. The molecule has 12 nitrogen and oxygen atoms in total. The van der Waals surface area contributed by atoms with Gasteiger partial charge < -0.3 is 36.8 Å². The van der Waals surface area contributed by atoms with E-state index in [0.717, 1.165) is 35.5 Å². The first kappa shape index (κ1) is 21.3. The molecular weight excluding hydrogens is 373 g/mol. The van der Waals surface area contributed by atoms with Crippen molar-refractivity contribution in [3.8, 4) is 0 Å². The summed E-state index contributed by atoms with van der Waals surface area (Å²) in [7, 11) is -4.83. The first-order valence-electron chi connectivity index (χ1n) is 6.23. The van der Waals surface area contributed by atoms with Crippen molar-refractivity contribution in [3.63, 3.8) is 0 Å². The fourth-order valence-corrected chi connectivity index (χ4v) is 3.85. The number of rotatable bonds is 9. The fraction of sp³-hybridized carbons (Fsp3) is 0.778. The molecule has 24 heavy (non-hydrogen) atoms. The lowest BCUT2D eigenvalue weighted by Gasteiger charge is -2.22.